The van der Waals surface area contributed by atoms with Gasteiger partial charge in [0.05, 0.1) is 6.26 Å². The van der Waals surface area contributed by atoms with Crippen molar-refractivity contribution in [2.75, 3.05) is 0 Å². The summed E-state index contributed by atoms with van der Waals surface area (Å²) in [6.45, 7) is 0. The normalized spacial score (nSPS) is 12.4. The van der Waals surface area contributed by atoms with E-state index in [1.807, 2.05) is 0 Å². The van der Waals surface area contributed by atoms with Gasteiger partial charge in [0, 0.05) is 4.92 Å². The van der Waals surface area contributed by atoms with Crippen LogP contribution >= 0.6 is 0 Å². The fourth-order valence-electron chi connectivity index (χ4n) is 0.652. The third-order valence-corrected chi connectivity index (χ3v) is 1.14. The number of furan rings is 1. The average molecular weight is 154 g/mol. The van der Waals surface area contributed by atoms with Crippen LogP contribution in [0.4, 0.5) is 0 Å². The van der Waals surface area contributed by atoms with Crippen LogP contribution in [0.25, 0.3) is 0 Å². The highest BCUT2D eigenvalue weighted by Gasteiger charge is 2.25. The van der Waals surface area contributed by atoms with Gasteiger partial charge in [-0.1, -0.05) is 0 Å². The second-order valence-electron chi connectivity index (χ2n) is 1.82. The van der Waals surface area contributed by atoms with Crippen molar-refractivity contribution in [2.24, 2.45) is 0 Å². The summed E-state index contributed by atoms with van der Waals surface area (Å²) in [6, 6.07) is 1.34. The summed E-state index contributed by atoms with van der Waals surface area (Å²) in [5, 5.41) is 10.1. The number of hydrogen-bond donors (Lipinski definition) is 0. The van der Waals surface area contributed by atoms with Crippen LogP contribution in [-0.2, 0) is 4.79 Å². The Kier molecular flexibility index (Phi) is 2.00. The molecule has 5 nitrogen and oxygen atoms in total. The lowest BCUT2D eigenvalue weighted by atomic mass is 10.3. The molecule has 11 heavy (non-hydrogen) atoms. The van der Waals surface area contributed by atoms with Gasteiger partial charge in [-0.05, 0) is 12.1 Å². The summed E-state index contributed by atoms with van der Waals surface area (Å²) in [7, 11) is 0. The molecule has 0 aliphatic carbocycles. The van der Waals surface area contributed by atoms with Gasteiger partial charge in [-0.2, -0.15) is 0 Å². The van der Waals surface area contributed by atoms with Crippen LogP contribution in [0.15, 0.2) is 22.8 Å². The molecule has 0 fully saturated rings. The first-order chi connectivity index (χ1) is 5.25. The van der Waals surface area contributed by atoms with Crippen molar-refractivity contribution >= 4 is 6.29 Å². The van der Waals surface area contributed by atoms with E-state index >= 15 is 0 Å². The summed E-state index contributed by atoms with van der Waals surface area (Å²) >= 11 is 0. The molecule has 1 atom stereocenters. The Morgan fingerprint density at radius 1 is 1.73 bits per heavy atom. The zero-order valence-electron chi connectivity index (χ0n) is 5.39. The Bertz CT molecular complexity index is 254. The van der Waals surface area contributed by atoms with E-state index in [0.29, 0.717) is 0 Å². The highest BCUT2D eigenvalue weighted by atomic mass is 16.6. The summed E-state index contributed by atoms with van der Waals surface area (Å²) in [4.78, 5) is 19.4. The standard InChI is InChI=1S/C6H4NO4/c8-4-5(7(9)10)6-2-1-3-11-6/h1-3,5H. The second-order valence-corrected chi connectivity index (χ2v) is 1.82. The number of hydrogen-bond acceptors (Lipinski definition) is 4. The average Bonchev–Trinajstić information content (AvgIpc) is 2.40. The molecule has 1 unspecified atom stereocenters. The van der Waals surface area contributed by atoms with E-state index in [-0.39, 0.29) is 5.76 Å². The van der Waals surface area contributed by atoms with Crippen molar-refractivity contribution in [3.8, 4) is 0 Å². The van der Waals surface area contributed by atoms with Crippen LogP contribution < -0.4 is 0 Å². The molecule has 0 aromatic carbocycles. The Labute approximate surface area is 61.8 Å². The largest absolute Gasteiger partial charge is 0.462 e. The Hall–Kier alpha value is -1.65. The summed E-state index contributed by atoms with van der Waals surface area (Å²) in [6.07, 6.45) is 2.53. The van der Waals surface area contributed by atoms with E-state index in [0.717, 1.165) is 0 Å². The number of rotatable bonds is 3. The second kappa shape index (κ2) is 2.96. The lowest BCUT2D eigenvalue weighted by molar-refractivity contribution is -0.510. The minimum atomic E-state index is -1.50. The zero-order chi connectivity index (χ0) is 8.27. The fraction of sp³-hybridized carbons (Fsp3) is 0.167. The molecule has 5 heteroatoms. The third-order valence-electron chi connectivity index (χ3n) is 1.14. The molecule has 1 heterocycles. The van der Waals surface area contributed by atoms with E-state index in [2.05, 4.69) is 4.42 Å². The maximum Gasteiger partial charge on any atom is 0.334 e. The topological polar surface area (TPSA) is 73.3 Å². The van der Waals surface area contributed by atoms with Crippen molar-refractivity contribution in [2.45, 2.75) is 6.04 Å². The Balaban J connectivity index is 2.88. The van der Waals surface area contributed by atoms with Gasteiger partial charge in [-0.15, -0.1) is 0 Å². The van der Waals surface area contributed by atoms with Crippen LogP contribution in [0.1, 0.15) is 11.8 Å². The molecular weight excluding hydrogens is 150 g/mol. The van der Waals surface area contributed by atoms with Gasteiger partial charge in [-0.3, -0.25) is 14.9 Å². The molecule has 1 radical (unpaired) electrons. The first-order valence-corrected chi connectivity index (χ1v) is 2.80. The van der Waals surface area contributed by atoms with E-state index in [1.165, 1.54) is 24.7 Å². The van der Waals surface area contributed by atoms with Crippen molar-refractivity contribution < 1.29 is 14.1 Å². The van der Waals surface area contributed by atoms with Crippen molar-refractivity contribution in [3.05, 3.63) is 34.3 Å². The van der Waals surface area contributed by atoms with Gasteiger partial charge in [-0.25, -0.2) is 0 Å². The molecule has 0 bridgehead atoms. The SMILES string of the molecule is O=[C]C(c1ccco1)[N+](=O)[O-]. The van der Waals surface area contributed by atoms with E-state index < -0.39 is 11.0 Å². The van der Waals surface area contributed by atoms with Gasteiger partial charge >= 0.3 is 6.04 Å². The van der Waals surface area contributed by atoms with E-state index in [1.54, 1.807) is 0 Å². The molecule has 1 aromatic heterocycles. The van der Waals surface area contributed by atoms with Crippen LogP contribution in [0, 0.1) is 10.1 Å². The van der Waals surface area contributed by atoms with Gasteiger partial charge in [0.1, 0.15) is 0 Å². The van der Waals surface area contributed by atoms with E-state index in [9.17, 15) is 14.9 Å². The number of carbonyl (C=O) groups excluding carboxylic acids is 1. The van der Waals surface area contributed by atoms with Gasteiger partial charge in [0.15, 0.2) is 5.76 Å². The first kappa shape index (κ1) is 7.46. The van der Waals surface area contributed by atoms with Gasteiger partial charge in [0.25, 0.3) is 6.29 Å². The predicted octanol–water partition coefficient (Wildman–Crippen LogP) is 0.707. The summed E-state index contributed by atoms with van der Waals surface area (Å²) in [5.74, 6) is 0.00463. The third kappa shape index (κ3) is 1.43. The Morgan fingerprint density at radius 2 is 2.45 bits per heavy atom. The number of nitro groups is 1. The van der Waals surface area contributed by atoms with E-state index in [4.69, 9.17) is 0 Å². The summed E-state index contributed by atoms with van der Waals surface area (Å²) in [5.41, 5.74) is 0. The molecule has 1 aromatic rings. The molecular formula is C6H4NO4. The van der Waals surface area contributed by atoms with Crippen LogP contribution in [0.2, 0.25) is 0 Å². The molecule has 57 valence electrons. The lowest BCUT2D eigenvalue weighted by Gasteiger charge is -1.94. The molecule has 0 spiro atoms. The molecule has 0 saturated carbocycles. The highest BCUT2D eigenvalue weighted by molar-refractivity contribution is 5.58. The Morgan fingerprint density at radius 3 is 2.82 bits per heavy atom. The molecule has 0 aliphatic rings. The van der Waals surface area contributed by atoms with Crippen molar-refractivity contribution in [1.29, 1.82) is 0 Å². The molecule has 1 rings (SSSR count). The fourth-order valence-corrected chi connectivity index (χ4v) is 0.652. The summed E-state index contributed by atoms with van der Waals surface area (Å²) < 4.78 is 4.64. The molecule has 0 N–H and O–H groups in total. The van der Waals surface area contributed by atoms with Crippen molar-refractivity contribution in [3.63, 3.8) is 0 Å². The highest BCUT2D eigenvalue weighted by Crippen LogP contribution is 2.13. The first-order valence-electron chi connectivity index (χ1n) is 2.80. The predicted molar refractivity (Wildman–Crippen MR) is 34.1 cm³/mol. The maximum atomic E-state index is 10.1. The smallest absolute Gasteiger partial charge is 0.334 e. The van der Waals surface area contributed by atoms with Crippen LogP contribution in [0.3, 0.4) is 0 Å². The van der Waals surface area contributed by atoms with Gasteiger partial charge in [0.2, 0.25) is 0 Å². The molecule has 0 aliphatic heterocycles. The lowest BCUT2D eigenvalue weighted by Crippen LogP contribution is -2.10. The monoisotopic (exact) mass is 154 g/mol. The maximum absolute atomic E-state index is 10.1. The zero-order valence-corrected chi connectivity index (χ0v) is 5.39. The van der Waals surface area contributed by atoms with Crippen molar-refractivity contribution in [1.82, 2.24) is 0 Å². The van der Waals surface area contributed by atoms with Crippen LogP contribution in [0.5, 0.6) is 0 Å². The molecule has 0 amide bonds. The minimum absolute atomic E-state index is 0.00463. The van der Waals surface area contributed by atoms with Gasteiger partial charge < -0.3 is 4.42 Å². The minimum Gasteiger partial charge on any atom is -0.462 e. The molecule has 0 saturated heterocycles. The number of nitrogens with zero attached hydrogens (tertiary/aromatic N) is 1. The van der Waals surface area contributed by atoms with Crippen LogP contribution in [-0.4, -0.2) is 11.2 Å². The quantitative estimate of drug-likeness (QED) is 0.474.